The number of nitro groups is 1. The number of esters is 1. The Morgan fingerprint density at radius 2 is 1.95 bits per heavy atom. The van der Waals surface area contributed by atoms with Gasteiger partial charge in [0.15, 0.2) is 5.82 Å². The molecule has 0 bridgehead atoms. The van der Waals surface area contributed by atoms with E-state index in [0.29, 0.717) is 36.5 Å². The lowest BCUT2D eigenvalue weighted by Crippen LogP contribution is -2.43. The van der Waals surface area contributed by atoms with Crippen LogP contribution in [0.4, 0.5) is 5.69 Å². The Balaban J connectivity index is 1.71. The van der Waals surface area contributed by atoms with Crippen molar-refractivity contribution < 1.29 is 23.8 Å². The highest BCUT2D eigenvalue weighted by atomic mass is 16.6. The maximum atomic E-state index is 12.9. The van der Waals surface area contributed by atoms with E-state index in [1.807, 2.05) is 42.3 Å². The fraction of sp³-hybridized carbons (Fsp3) is 0.346. The van der Waals surface area contributed by atoms with Crippen LogP contribution in [0.25, 0.3) is 0 Å². The second-order valence-corrected chi connectivity index (χ2v) is 9.01. The molecule has 11 heteroatoms. The van der Waals surface area contributed by atoms with Crippen molar-refractivity contribution >= 4 is 23.7 Å². The zero-order valence-electron chi connectivity index (χ0n) is 20.7. The van der Waals surface area contributed by atoms with E-state index in [4.69, 9.17) is 9.26 Å². The van der Waals surface area contributed by atoms with Crippen LogP contribution < -0.4 is 0 Å². The lowest BCUT2D eigenvalue weighted by molar-refractivity contribution is -0.384. The van der Waals surface area contributed by atoms with Gasteiger partial charge in [0.2, 0.25) is 5.89 Å². The van der Waals surface area contributed by atoms with Crippen LogP contribution in [-0.2, 0) is 27.4 Å². The van der Waals surface area contributed by atoms with E-state index in [-0.39, 0.29) is 11.6 Å². The normalized spacial score (nSPS) is 21.4. The molecule has 0 saturated heterocycles. The maximum absolute atomic E-state index is 12.9. The minimum absolute atomic E-state index is 0.142. The van der Waals surface area contributed by atoms with E-state index in [1.165, 1.54) is 25.3 Å². The summed E-state index contributed by atoms with van der Waals surface area (Å²) in [7, 11) is 3.16. The summed E-state index contributed by atoms with van der Waals surface area (Å²) >= 11 is 0. The van der Waals surface area contributed by atoms with Crippen molar-refractivity contribution in [2.75, 3.05) is 14.2 Å². The quantitative estimate of drug-likeness (QED) is 0.185. The Morgan fingerprint density at radius 1 is 1.19 bits per heavy atom. The van der Waals surface area contributed by atoms with Crippen molar-refractivity contribution in [3.8, 4) is 0 Å². The summed E-state index contributed by atoms with van der Waals surface area (Å²) in [6.45, 7) is 2.79. The molecule has 0 saturated carbocycles. The Hall–Kier alpha value is -4.25. The van der Waals surface area contributed by atoms with E-state index in [0.717, 1.165) is 5.56 Å². The first-order valence-corrected chi connectivity index (χ1v) is 11.7. The highest BCUT2D eigenvalue weighted by Crippen LogP contribution is 2.45. The third-order valence-electron chi connectivity index (χ3n) is 6.45. The Morgan fingerprint density at radius 3 is 2.62 bits per heavy atom. The number of aromatic nitrogens is 2. The molecule has 1 aliphatic rings. The van der Waals surface area contributed by atoms with E-state index < -0.39 is 34.7 Å². The van der Waals surface area contributed by atoms with Gasteiger partial charge in [-0.25, -0.2) is 0 Å². The molecule has 0 radical (unpaired) electrons. The van der Waals surface area contributed by atoms with Gasteiger partial charge in [-0.1, -0.05) is 47.6 Å². The summed E-state index contributed by atoms with van der Waals surface area (Å²) in [4.78, 5) is 46.8. The number of hydrogen-bond donors (Lipinski definition) is 0. The Bertz CT molecular complexity index is 1310. The molecule has 0 amide bonds. The Labute approximate surface area is 213 Å². The van der Waals surface area contributed by atoms with Crippen LogP contribution in [0.5, 0.6) is 0 Å². The summed E-state index contributed by atoms with van der Waals surface area (Å²) < 4.78 is 10.7. The second kappa shape index (κ2) is 11.2. The molecule has 2 heterocycles. The van der Waals surface area contributed by atoms with Gasteiger partial charge in [-0.15, -0.1) is 0 Å². The molecular formula is C26H27N5O6. The van der Waals surface area contributed by atoms with Crippen LogP contribution in [0.1, 0.15) is 41.6 Å². The number of aliphatic imine (C=N–C) groups is 1. The van der Waals surface area contributed by atoms with Gasteiger partial charge < -0.3 is 14.1 Å². The molecule has 192 valence electrons. The molecule has 37 heavy (non-hydrogen) atoms. The molecule has 2 aromatic carbocycles. The van der Waals surface area contributed by atoms with Crippen LogP contribution in [0.2, 0.25) is 0 Å². The van der Waals surface area contributed by atoms with E-state index >= 15 is 0 Å². The van der Waals surface area contributed by atoms with Crippen molar-refractivity contribution in [3.63, 3.8) is 0 Å². The first kappa shape index (κ1) is 25.8. The lowest BCUT2D eigenvalue weighted by atomic mass is 9.70. The van der Waals surface area contributed by atoms with Gasteiger partial charge in [0.25, 0.3) is 5.69 Å². The smallest absolute Gasteiger partial charge is 0.311 e. The zero-order valence-corrected chi connectivity index (χ0v) is 20.7. The Kier molecular flexibility index (Phi) is 7.83. The summed E-state index contributed by atoms with van der Waals surface area (Å²) in [5, 5.41) is 15.6. The third-order valence-corrected chi connectivity index (χ3v) is 6.45. The summed E-state index contributed by atoms with van der Waals surface area (Å²) in [5.74, 6) is -2.49. The highest BCUT2D eigenvalue weighted by molar-refractivity contribution is 5.94. The molecule has 0 fully saturated rings. The van der Waals surface area contributed by atoms with Gasteiger partial charge in [-0.3, -0.25) is 24.8 Å². The molecule has 1 aliphatic heterocycles. The van der Waals surface area contributed by atoms with Crippen LogP contribution in [0.3, 0.4) is 0 Å². The molecule has 4 unspecified atom stereocenters. The minimum atomic E-state index is -1.03. The lowest BCUT2D eigenvalue weighted by Gasteiger charge is -2.36. The number of nitro benzene ring substituents is 1. The van der Waals surface area contributed by atoms with Crippen LogP contribution in [0, 0.1) is 16.0 Å². The number of carbonyl (C=O) groups is 2. The number of ether oxygens (including phenoxy) is 1. The number of aldehydes is 1. The molecule has 0 aliphatic carbocycles. The average molecular weight is 506 g/mol. The first-order chi connectivity index (χ1) is 17.8. The van der Waals surface area contributed by atoms with Crippen molar-refractivity contribution in [3.05, 3.63) is 87.6 Å². The SMILES string of the molecule is COC(=O)C1C(C=O)N=C(C)C(c2nc(CN(C)Cc3ccccc3)no2)C1c1cccc([N+](=O)[O-])c1. The number of benzene rings is 2. The number of nitrogens with zero attached hydrogens (tertiary/aromatic N) is 5. The summed E-state index contributed by atoms with van der Waals surface area (Å²) in [6, 6.07) is 14.9. The molecule has 0 N–H and O–H groups in total. The highest BCUT2D eigenvalue weighted by Gasteiger charge is 2.48. The zero-order chi connectivity index (χ0) is 26.5. The molecule has 4 rings (SSSR count). The molecule has 4 atom stereocenters. The molecule has 11 nitrogen and oxygen atoms in total. The average Bonchev–Trinajstić information content (AvgIpc) is 3.35. The van der Waals surface area contributed by atoms with E-state index in [1.54, 1.807) is 13.0 Å². The third kappa shape index (κ3) is 5.61. The molecule has 0 spiro atoms. The predicted octanol–water partition coefficient (Wildman–Crippen LogP) is 3.31. The van der Waals surface area contributed by atoms with Gasteiger partial charge in [0.1, 0.15) is 12.3 Å². The summed E-state index contributed by atoms with van der Waals surface area (Å²) in [6.07, 6.45) is 0.587. The van der Waals surface area contributed by atoms with Gasteiger partial charge in [-0.05, 0) is 25.1 Å². The molecular weight excluding hydrogens is 478 g/mol. The number of carbonyl (C=O) groups excluding carboxylic acids is 2. The monoisotopic (exact) mass is 505 g/mol. The van der Waals surface area contributed by atoms with E-state index in [2.05, 4.69) is 15.1 Å². The number of rotatable bonds is 9. The van der Waals surface area contributed by atoms with Crippen molar-refractivity contribution in [1.82, 2.24) is 15.0 Å². The fourth-order valence-electron chi connectivity index (χ4n) is 4.84. The molecule has 3 aromatic rings. The number of hydrogen-bond acceptors (Lipinski definition) is 10. The molecule has 1 aromatic heterocycles. The van der Waals surface area contributed by atoms with Gasteiger partial charge in [0, 0.05) is 30.3 Å². The number of non-ortho nitro benzene ring substituents is 1. The number of methoxy groups -OCH3 is 1. The standard InChI is InChI=1S/C26H27N5O6/c1-16-22(25-28-21(29-37-25)14-30(2)13-17-8-5-4-6-9-17)23(18-10-7-11-19(12-18)31(34)35)24(26(33)36-3)20(15-32)27-16/h4-12,15,20,22-24H,13-14H2,1-3H3. The maximum Gasteiger partial charge on any atom is 0.311 e. The van der Waals surface area contributed by atoms with Crippen LogP contribution >= 0.6 is 0 Å². The van der Waals surface area contributed by atoms with Gasteiger partial charge in [-0.2, -0.15) is 4.98 Å². The van der Waals surface area contributed by atoms with Gasteiger partial charge in [0.05, 0.1) is 30.4 Å². The summed E-state index contributed by atoms with van der Waals surface area (Å²) in [5.41, 5.74) is 1.96. The van der Waals surface area contributed by atoms with Crippen LogP contribution in [0.15, 0.2) is 64.1 Å². The second-order valence-electron chi connectivity index (χ2n) is 9.01. The first-order valence-electron chi connectivity index (χ1n) is 11.7. The van der Waals surface area contributed by atoms with Crippen molar-refractivity contribution in [1.29, 1.82) is 0 Å². The van der Waals surface area contributed by atoms with Crippen molar-refractivity contribution in [2.45, 2.75) is 37.9 Å². The predicted molar refractivity (Wildman–Crippen MR) is 133 cm³/mol. The fourth-order valence-corrected chi connectivity index (χ4v) is 4.84. The van der Waals surface area contributed by atoms with Crippen LogP contribution in [-0.4, -0.2) is 58.1 Å². The largest absolute Gasteiger partial charge is 0.469 e. The van der Waals surface area contributed by atoms with E-state index in [9.17, 15) is 19.7 Å². The topological polar surface area (TPSA) is 141 Å². The minimum Gasteiger partial charge on any atom is -0.469 e. The van der Waals surface area contributed by atoms with Gasteiger partial charge >= 0.3 is 5.97 Å². The van der Waals surface area contributed by atoms with Crippen molar-refractivity contribution in [2.24, 2.45) is 10.9 Å².